The first-order valence-corrected chi connectivity index (χ1v) is 5.55. The molecule has 90 valence electrons. The predicted octanol–water partition coefficient (Wildman–Crippen LogP) is 3.15. The predicted molar refractivity (Wildman–Crippen MR) is 68.3 cm³/mol. The van der Waals surface area contributed by atoms with Crippen LogP contribution in [0, 0.1) is 12.7 Å². The van der Waals surface area contributed by atoms with Crippen molar-refractivity contribution in [3.63, 3.8) is 0 Å². The zero-order valence-corrected chi connectivity index (χ0v) is 9.74. The molecule has 0 aliphatic rings. The van der Waals surface area contributed by atoms with Crippen molar-refractivity contribution in [2.45, 2.75) is 6.92 Å². The van der Waals surface area contributed by atoms with Crippen molar-refractivity contribution in [1.29, 1.82) is 0 Å². The summed E-state index contributed by atoms with van der Waals surface area (Å²) in [6.07, 6.45) is 1.49. The lowest BCUT2D eigenvalue weighted by molar-refractivity contribution is 0.628. The van der Waals surface area contributed by atoms with Gasteiger partial charge >= 0.3 is 0 Å². The van der Waals surface area contributed by atoms with Gasteiger partial charge in [-0.2, -0.15) is 0 Å². The average molecular weight is 242 g/mol. The molecule has 2 N–H and O–H groups in total. The van der Waals surface area contributed by atoms with Gasteiger partial charge in [0.05, 0.1) is 5.39 Å². The normalized spacial score (nSPS) is 10.8. The second-order valence-corrected chi connectivity index (χ2v) is 4.07. The monoisotopic (exact) mass is 242 g/mol. The minimum absolute atomic E-state index is 0.258. The molecule has 0 saturated heterocycles. The van der Waals surface area contributed by atoms with E-state index in [4.69, 9.17) is 0 Å². The van der Waals surface area contributed by atoms with E-state index in [1.165, 1.54) is 18.5 Å². The van der Waals surface area contributed by atoms with Gasteiger partial charge in [0.1, 0.15) is 23.6 Å². The number of H-pyrrole nitrogens is 1. The third-order valence-corrected chi connectivity index (χ3v) is 2.67. The van der Waals surface area contributed by atoms with Crippen LogP contribution >= 0.6 is 0 Å². The largest absolute Gasteiger partial charge is 0.343 e. The molecule has 3 rings (SSSR count). The molecule has 0 unspecified atom stereocenters. The minimum Gasteiger partial charge on any atom is -0.343 e. The molecule has 0 saturated carbocycles. The summed E-state index contributed by atoms with van der Waals surface area (Å²) in [4.78, 5) is 11.5. The fraction of sp³-hybridized carbons (Fsp3) is 0.0769. The number of nitrogens with zero attached hydrogens (tertiary/aromatic N) is 2. The van der Waals surface area contributed by atoms with Gasteiger partial charge in [0.2, 0.25) is 0 Å². The zero-order valence-electron chi connectivity index (χ0n) is 9.74. The quantitative estimate of drug-likeness (QED) is 0.725. The highest BCUT2D eigenvalue weighted by Crippen LogP contribution is 2.23. The van der Waals surface area contributed by atoms with E-state index in [1.807, 2.05) is 13.0 Å². The Morgan fingerprint density at radius 1 is 1.17 bits per heavy atom. The number of nitrogens with one attached hydrogen (secondary N) is 2. The van der Waals surface area contributed by atoms with Gasteiger partial charge in [0.15, 0.2) is 0 Å². The second-order valence-electron chi connectivity index (χ2n) is 4.07. The maximum absolute atomic E-state index is 12.8. The van der Waals surface area contributed by atoms with Crippen molar-refractivity contribution < 1.29 is 4.39 Å². The summed E-state index contributed by atoms with van der Waals surface area (Å²) < 4.78 is 12.8. The summed E-state index contributed by atoms with van der Waals surface area (Å²) in [5, 5.41) is 4.07. The van der Waals surface area contributed by atoms with Crippen molar-refractivity contribution in [3.8, 4) is 0 Å². The van der Waals surface area contributed by atoms with Gasteiger partial charge in [-0.25, -0.2) is 14.4 Å². The fourth-order valence-electron chi connectivity index (χ4n) is 1.84. The Morgan fingerprint density at radius 3 is 2.72 bits per heavy atom. The van der Waals surface area contributed by atoms with Gasteiger partial charge in [-0.05, 0) is 37.3 Å². The third-order valence-electron chi connectivity index (χ3n) is 2.67. The number of halogens is 1. The number of hydrogen-bond acceptors (Lipinski definition) is 3. The molecular formula is C13H11FN4. The molecule has 0 bridgehead atoms. The van der Waals surface area contributed by atoms with Crippen LogP contribution in [0.5, 0.6) is 0 Å². The van der Waals surface area contributed by atoms with Crippen LogP contribution in [0.15, 0.2) is 36.7 Å². The summed E-state index contributed by atoms with van der Waals surface area (Å²) in [5.41, 5.74) is 2.59. The second kappa shape index (κ2) is 4.10. The van der Waals surface area contributed by atoms with Crippen LogP contribution < -0.4 is 5.32 Å². The van der Waals surface area contributed by atoms with Gasteiger partial charge in [0.25, 0.3) is 0 Å². The highest BCUT2D eigenvalue weighted by molar-refractivity contribution is 5.89. The van der Waals surface area contributed by atoms with Gasteiger partial charge in [-0.15, -0.1) is 0 Å². The van der Waals surface area contributed by atoms with E-state index in [2.05, 4.69) is 20.3 Å². The van der Waals surface area contributed by atoms with E-state index < -0.39 is 0 Å². The standard InChI is InChI=1S/C13H11FN4/c1-8-6-11-12(17-8)15-7-16-13(11)18-10-4-2-9(14)3-5-10/h2-7H,1H3,(H2,15,16,17,18). The Kier molecular flexibility index (Phi) is 2.44. The molecule has 0 atom stereocenters. The van der Waals surface area contributed by atoms with Crippen molar-refractivity contribution in [2.24, 2.45) is 0 Å². The van der Waals surface area contributed by atoms with Gasteiger partial charge < -0.3 is 10.3 Å². The molecule has 18 heavy (non-hydrogen) atoms. The number of aromatic amines is 1. The number of anilines is 2. The number of aromatic nitrogens is 3. The average Bonchev–Trinajstić information content (AvgIpc) is 2.73. The number of rotatable bonds is 2. The Hall–Kier alpha value is -2.43. The molecule has 2 aromatic heterocycles. The Labute approximate surface area is 103 Å². The van der Waals surface area contributed by atoms with E-state index in [0.717, 1.165) is 22.4 Å². The molecule has 0 aliphatic heterocycles. The number of fused-ring (bicyclic) bond motifs is 1. The SMILES string of the molecule is Cc1cc2c(Nc3ccc(F)cc3)ncnc2[nH]1. The van der Waals surface area contributed by atoms with Crippen LogP contribution in [0.25, 0.3) is 11.0 Å². The molecule has 0 aliphatic carbocycles. The van der Waals surface area contributed by atoms with Crippen LogP contribution in [-0.4, -0.2) is 15.0 Å². The summed E-state index contributed by atoms with van der Waals surface area (Å²) in [6, 6.07) is 8.12. The molecule has 0 fully saturated rings. The number of aryl methyl sites for hydroxylation is 1. The highest BCUT2D eigenvalue weighted by Gasteiger charge is 2.06. The summed E-state index contributed by atoms with van der Waals surface area (Å²) >= 11 is 0. The van der Waals surface area contributed by atoms with E-state index in [9.17, 15) is 4.39 Å². The Morgan fingerprint density at radius 2 is 1.94 bits per heavy atom. The first kappa shape index (κ1) is 10.7. The maximum Gasteiger partial charge on any atom is 0.143 e. The third kappa shape index (κ3) is 1.90. The van der Waals surface area contributed by atoms with Gasteiger partial charge in [0, 0.05) is 11.4 Å². The first-order valence-electron chi connectivity index (χ1n) is 5.55. The van der Waals surface area contributed by atoms with Crippen molar-refractivity contribution in [1.82, 2.24) is 15.0 Å². The zero-order chi connectivity index (χ0) is 12.5. The van der Waals surface area contributed by atoms with Crippen molar-refractivity contribution >= 4 is 22.5 Å². The van der Waals surface area contributed by atoms with E-state index in [0.29, 0.717) is 5.82 Å². The molecular weight excluding hydrogens is 231 g/mol. The lowest BCUT2D eigenvalue weighted by atomic mass is 10.3. The van der Waals surface area contributed by atoms with Crippen LogP contribution in [-0.2, 0) is 0 Å². The fourth-order valence-corrected chi connectivity index (χ4v) is 1.84. The highest BCUT2D eigenvalue weighted by atomic mass is 19.1. The molecule has 4 nitrogen and oxygen atoms in total. The molecule has 1 aromatic carbocycles. The molecule has 2 heterocycles. The van der Waals surface area contributed by atoms with E-state index in [1.54, 1.807) is 12.1 Å². The maximum atomic E-state index is 12.8. The summed E-state index contributed by atoms with van der Waals surface area (Å²) in [6.45, 7) is 1.96. The van der Waals surface area contributed by atoms with Gasteiger partial charge in [-0.3, -0.25) is 0 Å². The van der Waals surface area contributed by atoms with Crippen LogP contribution in [0.4, 0.5) is 15.9 Å². The van der Waals surface area contributed by atoms with Crippen LogP contribution in [0.1, 0.15) is 5.69 Å². The summed E-state index contributed by atoms with van der Waals surface area (Å²) in [5.74, 6) is 0.446. The first-order chi connectivity index (χ1) is 8.72. The lowest BCUT2D eigenvalue weighted by Gasteiger charge is -2.05. The van der Waals surface area contributed by atoms with Crippen molar-refractivity contribution in [3.05, 3.63) is 48.2 Å². The van der Waals surface area contributed by atoms with Crippen molar-refractivity contribution in [2.75, 3.05) is 5.32 Å². The van der Waals surface area contributed by atoms with E-state index in [-0.39, 0.29) is 5.82 Å². The van der Waals surface area contributed by atoms with Crippen LogP contribution in [0.2, 0.25) is 0 Å². The molecule has 0 radical (unpaired) electrons. The molecule has 0 spiro atoms. The number of benzene rings is 1. The van der Waals surface area contributed by atoms with Gasteiger partial charge in [-0.1, -0.05) is 0 Å². The smallest absolute Gasteiger partial charge is 0.143 e. The lowest BCUT2D eigenvalue weighted by Crippen LogP contribution is -1.94. The Balaban J connectivity index is 2.01. The number of hydrogen-bond donors (Lipinski definition) is 2. The Bertz CT molecular complexity index is 688. The topological polar surface area (TPSA) is 53.6 Å². The molecule has 3 aromatic rings. The molecule has 5 heteroatoms. The van der Waals surface area contributed by atoms with Crippen LogP contribution in [0.3, 0.4) is 0 Å². The molecule has 0 amide bonds. The van der Waals surface area contributed by atoms with E-state index >= 15 is 0 Å². The minimum atomic E-state index is -0.258. The summed E-state index contributed by atoms with van der Waals surface area (Å²) in [7, 11) is 0.